The van der Waals surface area contributed by atoms with Gasteiger partial charge in [0.25, 0.3) is 0 Å². The molecule has 0 aromatic heterocycles. The molecule has 9 nitrogen and oxygen atoms in total. The highest BCUT2D eigenvalue weighted by Crippen LogP contribution is 2.25. The average molecular weight is 436 g/mol. The SMILES string of the molecule is CCN(C(=O)CNC(=O)OC(C)(C)C)C(C(=O)NCC(=O)OC)c1ccc(C)cc1C. The van der Waals surface area contributed by atoms with E-state index >= 15 is 0 Å². The number of nitrogens with one attached hydrogen (secondary N) is 2. The van der Waals surface area contributed by atoms with E-state index < -0.39 is 35.5 Å². The number of rotatable bonds is 8. The van der Waals surface area contributed by atoms with Gasteiger partial charge in [0.15, 0.2) is 0 Å². The van der Waals surface area contributed by atoms with Crippen LogP contribution in [0.15, 0.2) is 18.2 Å². The zero-order valence-electron chi connectivity index (χ0n) is 19.3. The predicted octanol–water partition coefficient (Wildman–Crippen LogP) is 2.01. The highest BCUT2D eigenvalue weighted by atomic mass is 16.6. The summed E-state index contributed by atoms with van der Waals surface area (Å²) in [7, 11) is 1.22. The van der Waals surface area contributed by atoms with Crippen LogP contribution in [0.1, 0.15) is 50.4 Å². The Kier molecular flexibility index (Phi) is 9.48. The topological polar surface area (TPSA) is 114 Å². The molecule has 9 heteroatoms. The summed E-state index contributed by atoms with van der Waals surface area (Å²) in [5.74, 6) is -1.59. The largest absolute Gasteiger partial charge is 0.468 e. The van der Waals surface area contributed by atoms with E-state index in [1.54, 1.807) is 33.8 Å². The van der Waals surface area contributed by atoms with Gasteiger partial charge in [-0.2, -0.15) is 0 Å². The van der Waals surface area contributed by atoms with E-state index in [1.807, 2.05) is 26.0 Å². The average Bonchev–Trinajstić information content (AvgIpc) is 2.67. The summed E-state index contributed by atoms with van der Waals surface area (Å²) in [6.45, 7) is 10.2. The van der Waals surface area contributed by atoms with Crippen molar-refractivity contribution in [3.8, 4) is 0 Å². The number of alkyl carbamates (subject to hydrolysis) is 1. The Labute approximate surface area is 183 Å². The normalized spacial score (nSPS) is 11.8. The van der Waals surface area contributed by atoms with E-state index in [0.29, 0.717) is 5.56 Å². The molecule has 172 valence electrons. The van der Waals surface area contributed by atoms with E-state index in [-0.39, 0.29) is 19.6 Å². The summed E-state index contributed by atoms with van der Waals surface area (Å²) >= 11 is 0. The van der Waals surface area contributed by atoms with Crippen LogP contribution in [0.2, 0.25) is 0 Å². The minimum atomic E-state index is -0.983. The number of benzene rings is 1. The first-order valence-electron chi connectivity index (χ1n) is 10.1. The zero-order chi connectivity index (χ0) is 23.8. The van der Waals surface area contributed by atoms with Crippen molar-refractivity contribution in [2.75, 3.05) is 26.7 Å². The highest BCUT2D eigenvalue weighted by molar-refractivity contribution is 5.92. The van der Waals surface area contributed by atoms with Gasteiger partial charge in [0.05, 0.1) is 7.11 Å². The second kappa shape index (κ2) is 11.3. The number of carbonyl (C=O) groups is 4. The molecule has 31 heavy (non-hydrogen) atoms. The van der Waals surface area contributed by atoms with Crippen molar-refractivity contribution in [3.05, 3.63) is 34.9 Å². The maximum atomic E-state index is 13.0. The van der Waals surface area contributed by atoms with Crippen LogP contribution in [0.3, 0.4) is 0 Å². The van der Waals surface area contributed by atoms with Crippen molar-refractivity contribution in [2.24, 2.45) is 0 Å². The van der Waals surface area contributed by atoms with E-state index in [1.165, 1.54) is 12.0 Å². The lowest BCUT2D eigenvalue weighted by Crippen LogP contribution is -2.48. The third-order valence-electron chi connectivity index (χ3n) is 4.36. The number of ether oxygens (including phenoxy) is 2. The van der Waals surface area contributed by atoms with E-state index in [4.69, 9.17) is 4.74 Å². The van der Waals surface area contributed by atoms with Crippen molar-refractivity contribution in [3.63, 3.8) is 0 Å². The maximum Gasteiger partial charge on any atom is 0.408 e. The van der Waals surface area contributed by atoms with Crippen LogP contribution < -0.4 is 10.6 Å². The van der Waals surface area contributed by atoms with Crippen LogP contribution >= 0.6 is 0 Å². The van der Waals surface area contributed by atoms with Gasteiger partial charge in [0.2, 0.25) is 11.8 Å². The van der Waals surface area contributed by atoms with Crippen molar-refractivity contribution in [2.45, 2.75) is 53.2 Å². The zero-order valence-corrected chi connectivity index (χ0v) is 19.3. The number of hydrogen-bond acceptors (Lipinski definition) is 6. The van der Waals surface area contributed by atoms with E-state index in [0.717, 1.165) is 11.1 Å². The number of nitrogens with zero attached hydrogens (tertiary/aromatic N) is 1. The molecule has 1 rings (SSSR count). The molecule has 2 N–H and O–H groups in total. The van der Waals surface area contributed by atoms with Crippen molar-refractivity contribution >= 4 is 23.9 Å². The molecule has 0 heterocycles. The molecule has 3 amide bonds. The quantitative estimate of drug-likeness (QED) is 0.604. The molecule has 1 unspecified atom stereocenters. The molecular weight excluding hydrogens is 402 g/mol. The van der Waals surface area contributed by atoms with Gasteiger partial charge in [-0.15, -0.1) is 0 Å². The van der Waals surface area contributed by atoms with E-state index in [9.17, 15) is 19.2 Å². The lowest BCUT2D eigenvalue weighted by atomic mass is 9.97. The Bertz CT molecular complexity index is 816. The summed E-state index contributed by atoms with van der Waals surface area (Å²) < 4.78 is 9.72. The Morgan fingerprint density at radius 3 is 2.23 bits per heavy atom. The molecule has 0 radical (unpaired) electrons. The van der Waals surface area contributed by atoms with Gasteiger partial charge in [-0.1, -0.05) is 23.8 Å². The van der Waals surface area contributed by atoms with Crippen LogP contribution in [0.4, 0.5) is 4.79 Å². The van der Waals surface area contributed by atoms with Crippen LogP contribution in [0.5, 0.6) is 0 Å². The third-order valence-corrected chi connectivity index (χ3v) is 4.36. The number of carbonyl (C=O) groups excluding carboxylic acids is 4. The van der Waals surface area contributed by atoms with Gasteiger partial charge in [-0.3, -0.25) is 14.4 Å². The summed E-state index contributed by atoms with van der Waals surface area (Å²) in [5.41, 5.74) is 1.76. The highest BCUT2D eigenvalue weighted by Gasteiger charge is 2.32. The Balaban J connectivity index is 3.12. The molecule has 0 bridgehead atoms. The Hall–Kier alpha value is -3.10. The van der Waals surface area contributed by atoms with Crippen LogP contribution in [-0.2, 0) is 23.9 Å². The summed E-state index contributed by atoms with van der Waals surface area (Å²) in [5, 5.41) is 4.94. The fraction of sp³-hybridized carbons (Fsp3) is 0.545. The second-order valence-corrected chi connectivity index (χ2v) is 8.09. The number of aryl methyl sites for hydroxylation is 2. The van der Waals surface area contributed by atoms with Crippen molar-refractivity contribution in [1.82, 2.24) is 15.5 Å². The minimum absolute atomic E-state index is 0.207. The monoisotopic (exact) mass is 435 g/mol. The molecule has 1 aromatic rings. The van der Waals surface area contributed by atoms with Crippen LogP contribution in [-0.4, -0.2) is 61.1 Å². The lowest BCUT2D eigenvalue weighted by molar-refractivity contribution is -0.143. The molecule has 0 aliphatic carbocycles. The van der Waals surface area contributed by atoms with E-state index in [2.05, 4.69) is 15.4 Å². The van der Waals surface area contributed by atoms with Gasteiger partial charge in [-0.25, -0.2) is 4.79 Å². The number of esters is 1. The predicted molar refractivity (Wildman–Crippen MR) is 115 cm³/mol. The Morgan fingerprint density at radius 1 is 1.06 bits per heavy atom. The van der Waals surface area contributed by atoms with Gasteiger partial charge in [0.1, 0.15) is 24.7 Å². The van der Waals surface area contributed by atoms with Crippen LogP contribution in [0.25, 0.3) is 0 Å². The number of methoxy groups -OCH3 is 1. The third kappa shape index (κ3) is 8.27. The molecule has 0 fully saturated rings. The Morgan fingerprint density at radius 2 is 1.71 bits per heavy atom. The lowest BCUT2D eigenvalue weighted by Gasteiger charge is -2.31. The van der Waals surface area contributed by atoms with Crippen molar-refractivity contribution < 1.29 is 28.7 Å². The fourth-order valence-corrected chi connectivity index (χ4v) is 2.98. The van der Waals surface area contributed by atoms with Gasteiger partial charge in [0, 0.05) is 6.54 Å². The van der Waals surface area contributed by atoms with Gasteiger partial charge < -0.3 is 25.0 Å². The maximum absolute atomic E-state index is 13.0. The fourth-order valence-electron chi connectivity index (χ4n) is 2.98. The molecule has 1 atom stereocenters. The number of amides is 3. The number of likely N-dealkylation sites (N-methyl/N-ethyl adjacent to an activating group) is 1. The second-order valence-electron chi connectivity index (χ2n) is 8.09. The van der Waals surface area contributed by atoms with Gasteiger partial charge >= 0.3 is 12.1 Å². The molecule has 0 aliphatic rings. The minimum Gasteiger partial charge on any atom is -0.468 e. The molecule has 0 saturated heterocycles. The summed E-state index contributed by atoms with van der Waals surface area (Å²) in [6, 6.07) is 4.56. The standard InChI is InChI=1S/C22H33N3O6/c1-8-25(17(26)12-24-21(29)31-22(4,5)6)19(20(28)23-13-18(27)30-7)16-10-9-14(2)11-15(16)3/h9-11,19H,8,12-13H2,1-7H3,(H,23,28)(H,24,29). The molecule has 1 aromatic carbocycles. The first-order valence-corrected chi connectivity index (χ1v) is 10.1. The smallest absolute Gasteiger partial charge is 0.408 e. The number of hydrogen-bond donors (Lipinski definition) is 2. The molecule has 0 aliphatic heterocycles. The molecule has 0 spiro atoms. The summed E-state index contributed by atoms with van der Waals surface area (Å²) in [4.78, 5) is 50.7. The van der Waals surface area contributed by atoms with Crippen LogP contribution in [0, 0.1) is 13.8 Å². The molecular formula is C22H33N3O6. The van der Waals surface area contributed by atoms with Crippen molar-refractivity contribution in [1.29, 1.82) is 0 Å². The first-order chi connectivity index (χ1) is 14.4. The molecule has 0 saturated carbocycles. The first kappa shape index (κ1) is 25.9. The van der Waals surface area contributed by atoms with Gasteiger partial charge in [-0.05, 0) is 52.7 Å². The summed E-state index contributed by atoms with van der Waals surface area (Å²) in [6.07, 6.45) is -0.727.